The number of alkyl halides is 3. The lowest BCUT2D eigenvalue weighted by Gasteiger charge is -2.19. The van der Waals surface area contributed by atoms with Gasteiger partial charge in [-0.25, -0.2) is 15.0 Å². The summed E-state index contributed by atoms with van der Waals surface area (Å²) in [4.78, 5) is 25.5. The van der Waals surface area contributed by atoms with Crippen molar-refractivity contribution in [1.82, 2.24) is 19.9 Å². The number of aliphatic hydroxyl groups is 1. The van der Waals surface area contributed by atoms with Gasteiger partial charge in [0, 0.05) is 41.9 Å². The summed E-state index contributed by atoms with van der Waals surface area (Å²) in [5, 5.41) is 11.2. The number of anilines is 1. The van der Waals surface area contributed by atoms with Gasteiger partial charge in [0.25, 0.3) is 5.91 Å². The average Bonchev–Trinajstić information content (AvgIpc) is 3.00. The van der Waals surface area contributed by atoms with Crippen molar-refractivity contribution >= 4 is 22.6 Å². The molecular formula is C21H16F3N5O2. The molecule has 1 aliphatic rings. The van der Waals surface area contributed by atoms with Crippen LogP contribution in [-0.4, -0.2) is 55.7 Å². The SMILES string of the molecule is Nc1nccc2cnc(-c3cccc(C#C[C@]4(O)CCN(CC(F)(F)F)C4=O)c3)nc12. The normalized spacial score (nSPS) is 18.8. The number of benzene rings is 1. The Morgan fingerprint density at radius 1 is 1.26 bits per heavy atom. The van der Waals surface area contributed by atoms with Gasteiger partial charge in [-0.05, 0) is 18.2 Å². The third-order valence-corrected chi connectivity index (χ3v) is 4.82. The Bertz CT molecular complexity index is 1230. The van der Waals surface area contributed by atoms with E-state index in [0.29, 0.717) is 27.4 Å². The van der Waals surface area contributed by atoms with E-state index in [0.717, 1.165) is 5.39 Å². The number of nitrogen functional groups attached to an aromatic ring is 1. The molecule has 1 atom stereocenters. The molecule has 0 saturated carbocycles. The van der Waals surface area contributed by atoms with E-state index in [-0.39, 0.29) is 18.8 Å². The molecule has 7 nitrogen and oxygen atoms in total. The number of nitrogens with zero attached hydrogens (tertiary/aromatic N) is 4. The number of nitrogens with two attached hydrogens (primary N) is 1. The van der Waals surface area contributed by atoms with Gasteiger partial charge in [0.1, 0.15) is 17.9 Å². The number of likely N-dealkylation sites (tertiary alicyclic amines) is 1. The second-order valence-corrected chi connectivity index (χ2v) is 7.11. The number of pyridine rings is 1. The number of carbonyl (C=O) groups is 1. The van der Waals surface area contributed by atoms with Crippen molar-refractivity contribution in [2.45, 2.75) is 18.2 Å². The Hall–Kier alpha value is -3.71. The molecule has 1 fully saturated rings. The van der Waals surface area contributed by atoms with Crippen molar-refractivity contribution in [3.63, 3.8) is 0 Å². The van der Waals surface area contributed by atoms with Crippen molar-refractivity contribution in [2.24, 2.45) is 0 Å². The molecule has 1 saturated heterocycles. The maximum atomic E-state index is 12.6. The van der Waals surface area contributed by atoms with Crippen LogP contribution in [0.25, 0.3) is 22.3 Å². The zero-order valence-electron chi connectivity index (χ0n) is 16.0. The van der Waals surface area contributed by atoms with Crippen LogP contribution in [0.5, 0.6) is 0 Å². The fourth-order valence-corrected chi connectivity index (χ4v) is 3.28. The smallest absolute Gasteiger partial charge is 0.382 e. The predicted octanol–water partition coefficient (Wildman–Crippen LogP) is 2.15. The van der Waals surface area contributed by atoms with Gasteiger partial charge < -0.3 is 15.7 Å². The molecule has 0 radical (unpaired) electrons. The minimum Gasteiger partial charge on any atom is -0.382 e. The molecule has 10 heteroatoms. The van der Waals surface area contributed by atoms with Crippen LogP contribution in [0.3, 0.4) is 0 Å². The molecule has 1 amide bonds. The number of rotatable bonds is 2. The van der Waals surface area contributed by atoms with E-state index in [9.17, 15) is 23.1 Å². The Balaban J connectivity index is 1.60. The van der Waals surface area contributed by atoms with Crippen LogP contribution in [0.15, 0.2) is 42.7 Å². The number of fused-ring (bicyclic) bond motifs is 1. The Labute approximate surface area is 174 Å². The molecule has 4 rings (SSSR count). The highest BCUT2D eigenvalue weighted by Crippen LogP contribution is 2.27. The third-order valence-electron chi connectivity index (χ3n) is 4.82. The Kier molecular flexibility index (Phi) is 4.99. The summed E-state index contributed by atoms with van der Waals surface area (Å²) < 4.78 is 37.7. The first-order valence-electron chi connectivity index (χ1n) is 9.24. The van der Waals surface area contributed by atoms with Crippen molar-refractivity contribution in [3.05, 3.63) is 48.3 Å². The van der Waals surface area contributed by atoms with E-state index >= 15 is 0 Å². The van der Waals surface area contributed by atoms with Gasteiger partial charge in [-0.3, -0.25) is 4.79 Å². The molecule has 0 spiro atoms. The first kappa shape index (κ1) is 20.6. The third kappa shape index (κ3) is 4.27. The monoisotopic (exact) mass is 427 g/mol. The summed E-state index contributed by atoms with van der Waals surface area (Å²) in [5.74, 6) is 4.71. The van der Waals surface area contributed by atoms with E-state index in [1.807, 2.05) is 0 Å². The van der Waals surface area contributed by atoms with E-state index in [2.05, 4.69) is 26.8 Å². The topological polar surface area (TPSA) is 105 Å². The van der Waals surface area contributed by atoms with E-state index in [1.54, 1.807) is 42.7 Å². The number of hydrogen-bond donors (Lipinski definition) is 2. The Morgan fingerprint density at radius 2 is 2.06 bits per heavy atom. The lowest BCUT2D eigenvalue weighted by atomic mass is 10.0. The van der Waals surface area contributed by atoms with Crippen LogP contribution < -0.4 is 5.73 Å². The first-order valence-corrected chi connectivity index (χ1v) is 9.24. The minimum atomic E-state index is -4.54. The van der Waals surface area contributed by atoms with Crippen molar-refractivity contribution < 1.29 is 23.1 Å². The van der Waals surface area contributed by atoms with E-state index in [4.69, 9.17) is 5.73 Å². The Morgan fingerprint density at radius 3 is 2.84 bits per heavy atom. The highest BCUT2D eigenvalue weighted by Gasteiger charge is 2.47. The number of aromatic nitrogens is 3. The van der Waals surface area contributed by atoms with Gasteiger partial charge in [-0.1, -0.05) is 24.0 Å². The number of hydrogen-bond acceptors (Lipinski definition) is 6. The van der Waals surface area contributed by atoms with Crippen LogP contribution in [0, 0.1) is 11.8 Å². The zero-order chi connectivity index (χ0) is 22.2. The number of amides is 1. The molecule has 3 aromatic rings. The lowest BCUT2D eigenvalue weighted by Crippen LogP contribution is -2.42. The van der Waals surface area contributed by atoms with Crippen LogP contribution in [0.4, 0.5) is 19.0 Å². The van der Waals surface area contributed by atoms with Crippen molar-refractivity contribution in [1.29, 1.82) is 0 Å². The molecule has 31 heavy (non-hydrogen) atoms. The number of halogens is 3. The van der Waals surface area contributed by atoms with Gasteiger partial charge in [-0.2, -0.15) is 13.2 Å². The molecule has 2 aromatic heterocycles. The quantitative estimate of drug-likeness (QED) is 0.608. The molecule has 1 aliphatic heterocycles. The second kappa shape index (κ2) is 7.52. The standard InChI is InChI=1S/C21H16F3N5O2/c22-21(23,24)12-29-9-7-20(31,19(29)30)6-4-13-2-1-3-14(10-13)18-27-11-15-5-8-26-17(25)16(15)28-18/h1-3,5,8,10-11,31H,7,9,12H2,(H2,25,26)/t20-/m0/s1. The van der Waals surface area contributed by atoms with Crippen LogP contribution >= 0.6 is 0 Å². The second-order valence-electron chi connectivity index (χ2n) is 7.11. The van der Waals surface area contributed by atoms with Crippen LogP contribution in [-0.2, 0) is 4.79 Å². The fourth-order valence-electron chi connectivity index (χ4n) is 3.28. The maximum Gasteiger partial charge on any atom is 0.406 e. The summed E-state index contributed by atoms with van der Waals surface area (Å²) >= 11 is 0. The van der Waals surface area contributed by atoms with Crippen molar-refractivity contribution in [3.8, 4) is 23.2 Å². The highest BCUT2D eigenvalue weighted by atomic mass is 19.4. The average molecular weight is 427 g/mol. The molecule has 3 N–H and O–H groups in total. The van der Waals surface area contributed by atoms with E-state index < -0.39 is 24.2 Å². The summed E-state index contributed by atoms with van der Waals surface area (Å²) in [6.07, 6.45) is -1.57. The lowest BCUT2D eigenvalue weighted by molar-refractivity contribution is -0.162. The minimum absolute atomic E-state index is 0.200. The first-order chi connectivity index (χ1) is 14.6. The predicted molar refractivity (Wildman–Crippen MR) is 106 cm³/mol. The van der Waals surface area contributed by atoms with Gasteiger partial charge in [0.2, 0.25) is 5.60 Å². The van der Waals surface area contributed by atoms with Crippen molar-refractivity contribution in [2.75, 3.05) is 18.8 Å². The van der Waals surface area contributed by atoms with Crippen LogP contribution in [0.2, 0.25) is 0 Å². The zero-order valence-corrected chi connectivity index (χ0v) is 16.0. The largest absolute Gasteiger partial charge is 0.406 e. The summed E-state index contributed by atoms with van der Waals surface area (Å²) in [6, 6.07) is 8.47. The summed E-state index contributed by atoms with van der Waals surface area (Å²) in [6.45, 7) is -1.63. The van der Waals surface area contributed by atoms with Gasteiger partial charge in [-0.15, -0.1) is 0 Å². The summed E-state index contributed by atoms with van der Waals surface area (Å²) in [7, 11) is 0. The fraction of sp³-hybridized carbons (Fsp3) is 0.238. The van der Waals surface area contributed by atoms with Gasteiger partial charge in [0.05, 0.1) is 0 Å². The molecule has 0 unspecified atom stereocenters. The maximum absolute atomic E-state index is 12.6. The van der Waals surface area contributed by atoms with Crippen LogP contribution in [0.1, 0.15) is 12.0 Å². The highest BCUT2D eigenvalue weighted by molar-refractivity contribution is 5.91. The molecule has 158 valence electrons. The molecule has 3 heterocycles. The molecule has 0 aliphatic carbocycles. The molecule has 1 aromatic carbocycles. The van der Waals surface area contributed by atoms with Gasteiger partial charge in [0.15, 0.2) is 5.82 Å². The van der Waals surface area contributed by atoms with Gasteiger partial charge >= 0.3 is 6.18 Å². The molecular weight excluding hydrogens is 411 g/mol. The number of carbonyl (C=O) groups excluding carboxylic acids is 1. The summed E-state index contributed by atoms with van der Waals surface area (Å²) in [5.41, 5.74) is 5.27. The van der Waals surface area contributed by atoms with E-state index in [1.165, 1.54) is 0 Å². The molecule has 0 bridgehead atoms.